The molecule has 2 heterocycles. The maximum absolute atomic E-state index is 14.9. The van der Waals surface area contributed by atoms with E-state index in [2.05, 4.69) is 15.0 Å². The fourth-order valence-corrected chi connectivity index (χ4v) is 5.45. The monoisotopic (exact) mass is 704 g/mol. The van der Waals surface area contributed by atoms with Crippen molar-refractivity contribution in [3.8, 4) is 34.1 Å². The summed E-state index contributed by atoms with van der Waals surface area (Å²) in [4.78, 5) is 23.9. The molecule has 0 radical (unpaired) electrons. The van der Waals surface area contributed by atoms with E-state index < -0.39 is 30.3 Å². The molecule has 12 heteroatoms. The molecule has 0 saturated heterocycles. The highest BCUT2D eigenvalue weighted by atomic mass is 127. The summed E-state index contributed by atoms with van der Waals surface area (Å²) in [6.07, 6.45) is -1.01. The Bertz CT molecular complexity index is 1740. The summed E-state index contributed by atoms with van der Waals surface area (Å²) in [7, 11) is 0. The van der Waals surface area contributed by atoms with Crippen LogP contribution in [0.15, 0.2) is 77.6 Å². The molecule has 0 amide bonds. The van der Waals surface area contributed by atoms with Crippen molar-refractivity contribution in [3.05, 3.63) is 109 Å². The van der Waals surface area contributed by atoms with E-state index in [1.807, 2.05) is 59.8 Å². The van der Waals surface area contributed by atoms with Gasteiger partial charge in [-0.15, -0.1) is 0 Å². The number of halogens is 3. The van der Waals surface area contributed by atoms with Crippen LogP contribution in [0.3, 0.4) is 0 Å². The van der Waals surface area contributed by atoms with Gasteiger partial charge in [0.2, 0.25) is 5.88 Å². The smallest absolute Gasteiger partial charge is 0.329 e. The number of aromatic nitrogens is 4. The van der Waals surface area contributed by atoms with Crippen LogP contribution in [0.25, 0.3) is 22.5 Å². The zero-order valence-corrected chi connectivity index (χ0v) is 25.2. The van der Waals surface area contributed by atoms with Gasteiger partial charge < -0.3 is 30.0 Å². The van der Waals surface area contributed by atoms with Crippen molar-refractivity contribution in [1.82, 2.24) is 19.5 Å². The van der Waals surface area contributed by atoms with E-state index in [0.717, 1.165) is 9.13 Å². The number of hydrogen-bond donors (Lipinski definition) is 5. The molecule has 0 aliphatic rings. The zero-order valence-electron chi connectivity index (χ0n) is 22.3. The predicted molar refractivity (Wildman–Crippen MR) is 165 cm³/mol. The van der Waals surface area contributed by atoms with Gasteiger partial charge in [-0.3, -0.25) is 4.57 Å². The highest BCUT2D eigenvalue weighted by Gasteiger charge is 2.32. The molecule has 3 aromatic carbocycles. The topological polar surface area (TPSA) is 136 Å². The molecule has 0 saturated carbocycles. The lowest BCUT2D eigenvalue weighted by Crippen LogP contribution is -2.27. The zero-order chi connectivity index (χ0) is 30.0. The largest absolute Gasteiger partial charge is 0.493 e. The van der Waals surface area contributed by atoms with E-state index in [9.17, 15) is 19.4 Å². The van der Waals surface area contributed by atoms with Crippen molar-refractivity contribution in [1.29, 1.82) is 0 Å². The quantitative estimate of drug-likeness (QED) is 0.123. The van der Waals surface area contributed by atoms with Gasteiger partial charge in [-0.2, -0.15) is 0 Å². The van der Waals surface area contributed by atoms with E-state index in [0.29, 0.717) is 11.3 Å². The molecule has 0 spiro atoms. The number of benzene rings is 3. The molecule has 0 bridgehead atoms. The summed E-state index contributed by atoms with van der Waals surface area (Å²) in [5, 5.41) is 30.0. The van der Waals surface area contributed by atoms with Gasteiger partial charge in [-0.25, -0.2) is 14.2 Å². The number of rotatable bonds is 10. The lowest BCUT2D eigenvalue weighted by Gasteiger charge is -2.24. The van der Waals surface area contributed by atoms with Gasteiger partial charge in [0.25, 0.3) is 0 Å². The molecule has 0 aliphatic carbocycles. The number of aromatic amines is 2. The summed E-state index contributed by atoms with van der Waals surface area (Å²) in [5.74, 6) is -0.505. The van der Waals surface area contributed by atoms with Crippen LogP contribution in [0.5, 0.6) is 11.6 Å². The Morgan fingerprint density at radius 3 is 2.48 bits per heavy atom. The molecule has 5 N–H and O–H groups in total. The molecule has 3 atom stereocenters. The number of aliphatic hydroxyl groups excluding tert-OH is 2. The van der Waals surface area contributed by atoms with Gasteiger partial charge in [-0.05, 0) is 70.6 Å². The molecule has 9 nitrogen and oxygen atoms in total. The van der Waals surface area contributed by atoms with Crippen molar-refractivity contribution in [2.45, 2.75) is 25.0 Å². The molecular formula is C30H27ClFIN4O5. The number of aromatic hydroxyl groups is 1. The molecule has 42 heavy (non-hydrogen) atoms. The van der Waals surface area contributed by atoms with Gasteiger partial charge >= 0.3 is 5.69 Å². The minimum Gasteiger partial charge on any atom is -0.493 e. The van der Waals surface area contributed by atoms with Gasteiger partial charge in [-0.1, -0.05) is 48.9 Å². The third-order valence-corrected chi connectivity index (χ3v) is 7.86. The first-order valence-corrected chi connectivity index (χ1v) is 14.4. The molecular weight excluding hydrogens is 678 g/mol. The molecule has 5 rings (SSSR count). The Morgan fingerprint density at radius 2 is 1.81 bits per heavy atom. The van der Waals surface area contributed by atoms with Crippen LogP contribution in [-0.4, -0.2) is 54.2 Å². The first-order chi connectivity index (χ1) is 20.2. The second-order valence-corrected chi connectivity index (χ2v) is 11.3. The number of nitrogens with one attached hydrogen (secondary N) is 2. The van der Waals surface area contributed by atoms with Crippen LogP contribution in [-0.2, 0) is 0 Å². The summed E-state index contributed by atoms with van der Waals surface area (Å²) >= 11 is 8.55. The SMILES string of the molecule is C[C@@H](c1ccccc1)[C@@H](c1nc(-c2ccc(I)cc2F)c(Cl)[nH]1)n1c(O)c(-c2ccc(OC[C@H](O)CO)cc2)[nH]c1=O. The van der Waals surface area contributed by atoms with Crippen molar-refractivity contribution in [2.24, 2.45) is 0 Å². The number of hydrogen-bond acceptors (Lipinski definition) is 6. The lowest BCUT2D eigenvalue weighted by atomic mass is 9.92. The van der Waals surface area contributed by atoms with Gasteiger partial charge in [0.1, 0.15) is 52.7 Å². The van der Waals surface area contributed by atoms with Crippen LogP contribution in [0.1, 0.15) is 30.3 Å². The van der Waals surface area contributed by atoms with Crippen molar-refractivity contribution < 1.29 is 24.4 Å². The van der Waals surface area contributed by atoms with Crippen LogP contribution in [0, 0.1) is 9.39 Å². The number of aliphatic hydroxyl groups is 2. The lowest BCUT2D eigenvalue weighted by molar-refractivity contribution is 0.0536. The Hall–Kier alpha value is -3.65. The maximum Gasteiger partial charge on any atom is 0.329 e. The fourth-order valence-electron chi connectivity index (χ4n) is 4.75. The second kappa shape index (κ2) is 12.7. The van der Waals surface area contributed by atoms with Gasteiger partial charge in [0, 0.05) is 20.6 Å². The van der Waals surface area contributed by atoms with Crippen molar-refractivity contribution >= 4 is 34.2 Å². The van der Waals surface area contributed by atoms with Crippen molar-refractivity contribution in [3.63, 3.8) is 0 Å². The molecule has 0 unspecified atom stereocenters. The number of ether oxygens (including phenoxy) is 1. The Morgan fingerprint density at radius 1 is 1.10 bits per heavy atom. The van der Waals surface area contributed by atoms with E-state index in [-0.39, 0.29) is 46.3 Å². The number of nitrogens with zero attached hydrogens (tertiary/aromatic N) is 2. The van der Waals surface area contributed by atoms with Gasteiger partial charge in [0.05, 0.1) is 6.61 Å². The van der Waals surface area contributed by atoms with Crippen LogP contribution in [0.2, 0.25) is 5.15 Å². The van der Waals surface area contributed by atoms with E-state index in [4.69, 9.17) is 21.4 Å². The van der Waals surface area contributed by atoms with E-state index in [1.54, 1.807) is 36.4 Å². The number of imidazole rings is 2. The van der Waals surface area contributed by atoms with E-state index in [1.165, 1.54) is 10.6 Å². The molecule has 0 aliphatic heterocycles. The summed E-state index contributed by atoms with van der Waals surface area (Å²) < 4.78 is 22.2. The maximum atomic E-state index is 14.9. The Labute approximate surface area is 258 Å². The Kier molecular flexibility index (Phi) is 9.02. The first-order valence-electron chi connectivity index (χ1n) is 13.0. The highest BCUT2D eigenvalue weighted by Crippen LogP contribution is 2.40. The van der Waals surface area contributed by atoms with Gasteiger partial charge in [0.15, 0.2) is 0 Å². The first kappa shape index (κ1) is 29.8. The molecule has 2 aromatic heterocycles. The third kappa shape index (κ3) is 6.09. The van der Waals surface area contributed by atoms with E-state index >= 15 is 0 Å². The average Bonchev–Trinajstić information content (AvgIpc) is 3.51. The average molecular weight is 705 g/mol. The van der Waals surface area contributed by atoms with Crippen LogP contribution in [0.4, 0.5) is 4.39 Å². The second-order valence-electron chi connectivity index (χ2n) is 9.72. The van der Waals surface area contributed by atoms with Crippen molar-refractivity contribution in [2.75, 3.05) is 13.2 Å². The number of H-pyrrole nitrogens is 2. The summed E-state index contributed by atoms with van der Waals surface area (Å²) in [6, 6.07) is 19.8. The molecule has 5 aromatic rings. The minimum absolute atomic E-state index is 0.0901. The standard InChI is InChI=1S/C30H27ClFIN4O5/c1-16(17-5-3-2-4-6-17)26(28-34-25(27(31)36-28)22-12-9-19(33)13-23(22)32)37-29(40)24(35-30(37)41)18-7-10-21(11-8-18)42-15-20(39)14-38/h2-13,16,20,26,38-40H,14-15H2,1H3,(H,34,36)(H,35,41)/t16-,20+,26-/m0/s1. The fraction of sp³-hybridized carbons (Fsp3) is 0.200. The minimum atomic E-state index is -1.01. The normalized spacial score (nSPS) is 13.6. The Balaban J connectivity index is 1.58. The molecule has 218 valence electrons. The molecule has 0 fully saturated rings. The predicted octanol–water partition coefficient (Wildman–Crippen LogP) is 5.46. The summed E-state index contributed by atoms with van der Waals surface area (Å²) in [5.41, 5.74) is 1.36. The van der Waals surface area contributed by atoms with Crippen LogP contribution >= 0.6 is 34.2 Å². The summed E-state index contributed by atoms with van der Waals surface area (Å²) in [6.45, 7) is 1.38. The van der Waals surface area contributed by atoms with Crippen LogP contribution < -0.4 is 10.4 Å². The highest BCUT2D eigenvalue weighted by molar-refractivity contribution is 14.1. The third-order valence-electron chi connectivity index (χ3n) is 6.92.